The monoisotopic (exact) mass is 412 g/mol. The molecular formula is C19H22F2N2O4S. The molecule has 0 amide bonds. The summed E-state index contributed by atoms with van der Waals surface area (Å²) in [5.41, 5.74) is 0. The van der Waals surface area contributed by atoms with Gasteiger partial charge in [0.1, 0.15) is 18.1 Å². The van der Waals surface area contributed by atoms with Crippen molar-refractivity contribution in [2.45, 2.75) is 4.90 Å². The topological polar surface area (TPSA) is 59.1 Å². The molecule has 0 radical (unpaired) electrons. The van der Waals surface area contributed by atoms with Gasteiger partial charge in [0.2, 0.25) is 10.0 Å². The van der Waals surface area contributed by atoms with Crippen molar-refractivity contribution in [2.75, 3.05) is 46.4 Å². The molecule has 1 aliphatic rings. The van der Waals surface area contributed by atoms with Gasteiger partial charge in [-0.3, -0.25) is 4.90 Å². The molecular weight excluding hydrogens is 390 g/mol. The van der Waals surface area contributed by atoms with Gasteiger partial charge in [0.15, 0.2) is 11.6 Å². The van der Waals surface area contributed by atoms with Crippen LogP contribution in [0.5, 0.6) is 11.5 Å². The summed E-state index contributed by atoms with van der Waals surface area (Å²) >= 11 is 0. The molecule has 0 aliphatic carbocycles. The highest BCUT2D eigenvalue weighted by atomic mass is 32.2. The van der Waals surface area contributed by atoms with Crippen molar-refractivity contribution in [3.8, 4) is 11.5 Å². The van der Waals surface area contributed by atoms with Crippen LogP contribution < -0.4 is 9.47 Å². The smallest absolute Gasteiger partial charge is 0.243 e. The Hall–Kier alpha value is -2.23. The first-order chi connectivity index (χ1) is 13.4. The summed E-state index contributed by atoms with van der Waals surface area (Å²) in [5.74, 6) is -0.748. The number of piperazine rings is 1. The lowest BCUT2D eigenvalue weighted by molar-refractivity contribution is 0.159. The highest BCUT2D eigenvalue weighted by molar-refractivity contribution is 7.89. The first-order valence-corrected chi connectivity index (χ1v) is 10.3. The van der Waals surface area contributed by atoms with Gasteiger partial charge in [-0.2, -0.15) is 4.31 Å². The van der Waals surface area contributed by atoms with Crippen molar-refractivity contribution in [1.29, 1.82) is 0 Å². The molecule has 9 heteroatoms. The minimum atomic E-state index is -3.84. The second kappa shape index (κ2) is 8.85. The maximum atomic E-state index is 13.4. The number of methoxy groups -OCH3 is 1. The third kappa shape index (κ3) is 4.78. The van der Waals surface area contributed by atoms with Crippen LogP contribution in [0.4, 0.5) is 8.78 Å². The lowest BCUT2D eigenvalue weighted by Gasteiger charge is -2.33. The van der Waals surface area contributed by atoms with E-state index in [9.17, 15) is 17.2 Å². The maximum Gasteiger partial charge on any atom is 0.243 e. The zero-order chi connectivity index (χ0) is 20.1. The number of ether oxygens (including phenoxy) is 2. The van der Waals surface area contributed by atoms with E-state index < -0.39 is 21.7 Å². The predicted octanol–water partition coefficient (Wildman–Crippen LogP) is 2.36. The largest absolute Gasteiger partial charge is 0.497 e. The van der Waals surface area contributed by atoms with Crippen molar-refractivity contribution >= 4 is 10.0 Å². The van der Waals surface area contributed by atoms with E-state index in [2.05, 4.69) is 4.90 Å². The third-order valence-corrected chi connectivity index (χ3v) is 6.49. The molecule has 0 spiro atoms. The number of halogens is 2. The molecule has 0 bridgehead atoms. The molecule has 0 N–H and O–H groups in total. The Kier molecular flexibility index (Phi) is 6.48. The highest BCUT2D eigenvalue weighted by Crippen LogP contribution is 2.20. The average Bonchev–Trinajstić information content (AvgIpc) is 2.71. The molecule has 0 saturated carbocycles. The Morgan fingerprint density at radius 3 is 2.18 bits per heavy atom. The van der Waals surface area contributed by atoms with Gasteiger partial charge in [-0.15, -0.1) is 0 Å². The van der Waals surface area contributed by atoms with Crippen molar-refractivity contribution in [3.63, 3.8) is 0 Å². The fourth-order valence-electron chi connectivity index (χ4n) is 2.94. The molecule has 1 saturated heterocycles. The fourth-order valence-corrected chi connectivity index (χ4v) is 4.38. The van der Waals surface area contributed by atoms with Crippen molar-refractivity contribution < 1.29 is 26.7 Å². The van der Waals surface area contributed by atoms with E-state index in [1.54, 1.807) is 7.11 Å². The van der Waals surface area contributed by atoms with Crippen LogP contribution in [0.25, 0.3) is 0 Å². The van der Waals surface area contributed by atoms with Gasteiger partial charge in [-0.05, 0) is 42.5 Å². The number of hydrogen-bond donors (Lipinski definition) is 0. The van der Waals surface area contributed by atoms with E-state index in [-0.39, 0.29) is 18.0 Å². The van der Waals surface area contributed by atoms with Crippen molar-refractivity contribution in [2.24, 2.45) is 0 Å². The average molecular weight is 412 g/mol. The first kappa shape index (κ1) is 20.5. The molecule has 0 aromatic heterocycles. The number of sulfonamides is 1. The summed E-state index contributed by atoms with van der Waals surface area (Å²) in [6.45, 7) is 2.77. The number of nitrogens with zero attached hydrogens (tertiary/aromatic N) is 2. The van der Waals surface area contributed by atoms with E-state index in [4.69, 9.17) is 9.47 Å². The van der Waals surface area contributed by atoms with Gasteiger partial charge in [-0.25, -0.2) is 17.2 Å². The molecule has 0 unspecified atom stereocenters. The summed E-state index contributed by atoms with van der Waals surface area (Å²) in [6.07, 6.45) is 0. The summed E-state index contributed by atoms with van der Waals surface area (Å²) in [6, 6.07) is 9.92. The fraction of sp³-hybridized carbons (Fsp3) is 0.368. The van der Waals surface area contributed by atoms with Crippen LogP contribution in [0.2, 0.25) is 0 Å². The number of hydrogen-bond acceptors (Lipinski definition) is 5. The Labute approximate surface area is 163 Å². The molecule has 0 atom stereocenters. The lowest BCUT2D eigenvalue weighted by atomic mass is 10.3. The molecule has 1 fully saturated rings. The van der Waals surface area contributed by atoms with Gasteiger partial charge in [0.05, 0.1) is 12.0 Å². The summed E-state index contributed by atoms with van der Waals surface area (Å²) in [4.78, 5) is 1.86. The Bertz CT molecular complexity index is 899. The van der Waals surface area contributed by atoms with E-state index in [1.807, 2.05) is 24.3 Å². The molecule has 2 aromatic rings. The Balaban J connectivity index is 1.48. The second-order valence-corrected chi connectivity index (χ2v) is 8.28. The summed E-state index contributed by atoms with van der Waals surface area (Å²) in [5, 5.41) is 0. The van der Waals surface area contributed by atoms with Crippen LogP contribution >= 0.6 is 0 Å². The molecule has 28 heavy (non-hydrogen) atoms. The number of rotatable bonds is 7. The van der Waals surface area contributed by atoms with Crippen LogP contribution in [0.15, 0.2) is 47.4 Å². The zero-order valence-electron chi connectivity index (χ0n) is 15.5. The van der Waals surface area contributed by atoms with Gasteiger partial charge in [0.25, 0.3) is 0 Å². The lowest BCUT2D eigenvalue weighted by Crippen LogP contribution is -2.49. The van der Waals surface area contributed by atoms with E-state index in [0.29, 0.717) is 26.2 Å². The molecule has 2 aromatic carbocycles. The van der Waals surface area contributed by atoms with Crippen LogP contribution in [0, 0.1) is 11.6 Å². The summed E-state index contributed by atoms with van der Waals surface area (Å²) in [7, 11) is -2.24. The van der Waals surface area contributed by atoms with Crippen LogP contribution in [-0.4, -0.2) is 64.1 Å². The van der Waals surface area contributed by atoms with Crippen LogP contribution in [0.1, 0.15) is 0 Å². The maximum absolute atomic E-state index is 13.4. The van der Waals surface area contributed by atoms with Crippen LogP contribution in [0.3, 0.4) is 0 Å². The standard InChI is InChI=1S/C19H22F2N2O4S/c1-26-15-2-4-16(5-3-15)27-13-12-22-8-10-23(11-9-22)28(24,25)17-6-7-18(20)19(21)14-17/h2-7,14H,8-13H2,1H3. The first-order valence-electron chi connectivity index (χ1n) is 8.84. The third-order valence-electron chi connectivity index (χ3n) is 4.60. The summed E-state index contributed by atoms with van der Waals surface area (Å²) < 4.78 is 63.7. The normalized spacial score (nSPS) is 16.1. The molecule has 152 valence electrons. The van der Waals surface area contributed by atoms with E-state index in [1.165, 1.54) is 4.31 Å². The SMILES string of the molecule is COc1ccc(OCCN2CCN(S(=O)(=O)c3ccc(F)c(F)c3)CC2)cc1. The quantitative estimate of drug-likeness (QED) is 0.699. The Morgan fingerprint density at radius 1 is 0.929 bits per heavy atom. The highest BCUT2D eigenvalue weighted by Gasteiger charge is 2.29. The van der Waals surface area contributed by atoms with E-state index >= 15 is 0 Å². The van der Waals surface area contributed by atoms with Gasteiger partial charge >= 0.3 is 0 Å². The minimum absolute atomic E-state index is 0.234. The zero-order valence-corrected chi connectivity index (χ0v) is 16.3. The minimum Gasteiger partial charge on any atom is -0.497 e. The molecule has 3 rings (SSSR count). The molecule has 1 aliphatic heterocycles. The van der Waals surface area contributed by atoms with Crippen molar-refractivity contribution in [1.82, 2.24) is 9.21 Å². The number of benzene rings is 2. The Morgan fingerprint density at radius 2 is 1.57 bits per heavy atom. The van der Waals surface area contributed by atoms with Gasteiger partial charge in [-0.1, -0.05) is 0 Å². The van der Waals surface area contributed by atoms with Gasteiger partial charge < -0.3 is 9.47 Å². The molecule has 1 heterocycles. The molecule has 6 nitrogen and oxygen atoms in total. The van der Waals surface area contributed by atoms with E-state index in [0.717, 1.165) is 29.7 Å². The predicted molar refractivity (Wildman–Crippen MR) is 100 cm³/mol. The second-order valence-electron chi connectivity index (χ2n) is 6.35. The van der Waals surface area contributed by atoms with Gasteiger partial charge in [0, 0.05) is 32.7 Å². The van der Waals surface area contributed by atoms with Crippen LogP contribution in [-0.2, 0) is 10.0 Å². The van der Waals surface area contributed by atoms with Crippen molar-refractivity contribution in [3.05, 3.63) is 54.1 Å².